The van der Waals surface area contributed by atoms with E-state index in [0.717, 1.165) is 25.3 Å². The minimum absolute atomic E-state index is 0.0971. The summed E-state index contributed by atoms with van der Waals surface area (Å²) in [6.07, 6.45) is 3.84. The van der Waals surface area contributed by atoms with Crippen LogP contribution in [0.2, 0.25) is 0 Å². The van der Waals surface area contributed by atoms with Crippen LogP contribution < -0.4 is 10.1 Å². The van der Waals surface area contributed by atoms with E-state index in [0.29, 0.717) is 12.3 Å². The molecule has 0 heterocycles. The molecule has 0 bridgehead atoms. The molecule has 0 aromatic heterocycles. The second-order valence-electron chi connectivity index (χ2n) is 5.17. The van der Waals surface area contributed by atoms with Crippen molar-refractivity contribution in [3.05, 3.63) is 42.7 Å². The van der Waals surface area contributed by atoms with Gasteiger partial charge in [-0.25, -0.2) is 4.39 Å². The average Bonchev–Trinajstić information content (AvgIpc) is 2.48. The molecule has 122 valence electrons. The molecule has 1 unspecified atom stereocenters. The summed E-state index contributed by atoms with van der Waals surface area (Å²) in [5, 5.41) is 3.26. The fourth-order valence-corrected chi connectivity index (χ4v) is 2.01. The SMILES string of the molecule is C=CCCCN(C)C(=NC)NCC(C)Oc1cccc(F)c1. The summed E-state index contributed by atoms with van der Waals surface area (Å²) in [5.74, 6) is 1.05. The van der Waals surface area contributed by atoms with E-state index in [1.807, 2.05) is 20.0 Å². The number of halogens is 1. The summed E-state index contributed by atoms with van der Waals surface area (Å²) >= 11 is 0. The highest BCUT2D eigenvalue weighted by atomic mass is 19.1. The Morgan fingerprint density at radius 1 is 1.55 bits per heavy atom. The molecule has 1 aromatic rings. The van der Waals surface area contributed by atoms with Crippen molar-refractivity contribution < 1.29 is 9.13 Å². The van der Waals surface area contributed by atoms with Crippen LogP contribution in [0.3, 0.4) is 0 Å². The summed E-state index contributed by atoms with van der Waals surface area (Å²) in [4.78, 5) is 6.32. The van der Waals surface area contributed by atoms with Gasteiger partial charge in [0.25, 0.3) is 0 Å². The monoisotopic (exact) mass is 307 g/mol. The Balaban J connectivity index is 2.40. The number of ether oxygens (including phenoxy) is 1. The first kappa shape index (κ1) is 18.0. The van der Waals surface area contributed by atoms with Crippen LogP contribution in [-0.4, -0.2) is 44.1 Å². The number of guanidine groups is 1. The number of hydrogen-bond acceptors (Lipinski definition) is 2. The second-order valence-corrected chi connectivity index (χ2v) is 5.17. The molecule has 0 aliphatic carbocycles. The van der Waals surface area contributed by atoms with Crippen LogP contribution >= 0.6 is 0 Å². The molecule has 1 atom stereocenters. The lowest BCUT2D eigenvalue weighted by molar-refractivity contribution is 0.221. The molecule has 1 aromatic carbocycles. The highest BCUT2D eigenvalue weighted by molar-refractivity contribution is 5.79. The van der Waals surface area contributed by atoms with E-state index < -0.39 is 0 Å². The standard InChI is InChI=1S/C17H26FN3O/c1-5-6-7-11-21(4)17(19-3)20-13-14(2)22-16-10-8-9-15(18)12-16/h5,8-10,12,14H,1,6-7,11,13H2,2-4H3,(H,19,20). The van der Waals surface area contributed by atoms with Gasteiger partial charge < -0.3 is 15.0 Å². The van der Waals surface area contributed by atoms with Crippen molar-refractivity contribution in [2.75, 3.05) is 27.2 Å². The van der Waals surface area contributed by atoms with Gasteiger partial charge in [0.05, 0.1) is 6.54 Å². The minimum atomic E-state index is -0.296. The van der Waals surface area contributed by atoms with Crippen molar-refractivity contribution in [3.8, 4) is 5.75 Å². The van der Waals surface area contributed by atoms with E-state index in [4.69, 9.17) is 4.74 Å². The van der Waals surface area contributed by atoms with Crippen LogP contribution in [0, 0.1) is 5.82 Å². The zero-order chi connectivity index (χ0) is 16.4. The number of rotatable bonds is 8. The van der Waals surface area contributed by atoms with E-state index >= 15 is 0 Å². The van der Waals surface area contributed by atoms with Crippen LogP contribution in [0.15, 0.2) is 41.9 Å². The molecule has 0 fully saturated rings. The molecule has 0 aliphatic heterocycles. The Bertz CT molecular complexity index is 491. The number of benzene rings is 1. The van der Waals surface area contributed by atoms with Gasteiger partial charge in [-0.2, -0.15) is 0 Å². The third-order valence-electron chi connectivity index (χ3n) is 3.16. The summed E-state index contributed by atoms with van der Waals surface area (Å²) in [6.45, 7) is 7.15. The lowest BCUT2D eigenvalue weighted by Gasteiger charge is -2.23. The van der Waals surface area contributed by atoms with Gasteiger partial charge in [-0.1, -0.05) is 12.1 Å². The van der Waals surface area contributed by atoms with Crippen LogP contribution in [0.25, 0.3) is 0 Å². The van der Waals surface area contributed by atoms with Crippen molar-refractivity contribution in [2.24, 2.45) is 4.99 Å². The van der Waals surface area contributed by atoms with Gasteiger partial charge in [0, 0.05) is 26.7 Å². The molecule has 22 heavy (non-hydrogen) atoms. The van der Waals surface area contributed by atoms with Crippen LogP contribution in [-0.2, 0) is 0 Å². The van der Waals surface area contributed by atoms with Crippen molar-refractivity contribution >= 4 is 5.96 Å². The van der Waals surface area contributed by atoms with Gasteiger partial charge >= 0.3 is 0 Å². The molecule has 4 nitrogen and oxygen atoms in total. The summed E-state index contributed by atoms with van der Waals surface area (Å²) in [5.41, 5.74) is 0. The van der Waals surface area contributed by atoms with E-state index in [2.05, 4.69) is 21.8 Å². The van der Waals surface area contributed by atoms with Gasteiger partial charge in [0.15, 0.2) is 5.96 Å². The highest BCUT2D eigenvalue weighted by Gasteiger charge is 2.09. The Kier molecular flexibility index (Phi) is 8.04. The first-order chi connectivity index (χ1) is 10.6. The average molecular weight is 307 g/mol. The van der Waals surface area contributed by atoms with Crippen molar-refractivity contribution in [2.45, 2.75) is 25.9 Å². The predicted molar refractivity (Wildman–Crippen MR) is 89.9 cm³/mol. The summed E-state index contributed by atoms with van der Waals surface area (Å²) in [7, 11) is 3.75. The molecule has 0 amide bonds. The zero-order valence-corrected chi connectivity index (χ0v) is 13.7. The first-order valence-corrected chi connectivity index (χ1v) is 7.51. The lowest BCUT2D eigenvalue weighted by atomic mass is 10.3. The Morgan fingerprint density at radius 3 is 2.95 bits per heavy atom. The number of allylic oxidation sites excluding steroid dienone is 1. The fraction of sp³-hybridized carbons (Fsp3) is 0.471. The Morgan fingerprint density at radius 2 is 2.32 bits per heavy atom. The predicted octanol–water partition coefficient (Wildman–Crippen LogP) is 3.07. The minimum Gasteiger partial charge on any atom is -0.489 e. The van der Waals surface area contributed by atoms with Crippen LogP contribution in [0.4, 0.5) is 4.39 Å². The lowest BCUT2D eigenvalue weighted by Crippen LogP contribution is -2.43. The fourth-order valence-electron chi connectivity index (χ4n) is 2.01. The molecule has 0 saturated heterocycles. The van der Waals surface area contributed by atoms with Crippen molar-refractivity contribution in [1.82, 2.24) is 10.2 Å². The molecule has 5 heteroatoms. The third kappa shape index (κ3) is 6.61. The summed E-state index contributed by atoms with van der Waals surface area (Å²) < 4.78 is 18.8. The van der Waals surface area contributed by atoms with Crippen LogP contribution in [0.1, 0.15) is 19.8 Å². The van der Waals surface area contributed by atoms with Crippen LogP contribution in [0.5, 0.6) is 5.75 Å². The third-order valence-corrected chi connectivity index (χ3v) is 3.16. The maximum Gasteiger partial charge on any atom is 0.193 e. The van der Waals surface area contributed by atoms with E-state index in [1.165, 1.54) is 12.1 Å². The number of aliphatic imine (C=N–C) groups is 1. The molecular formula is C17H26FN3O. The Labute approximate surface area is 132 Å². The molecule has 0 aliphatic rings. The first-order valence-electron chi connectivity index (χ1n) is 7.51. The maximum absolute atomic E-state index is 13.1. The topological polar surface area (TPSA) is 36.9 Å². The van der Waals surface area contributed by atoms with Crippen molar-refractivity contribution in [3.63, 3.8) is 0 Å². The molecular weight excluding hydrogens is 281 g/mol. The van der Waals surface area contributed by atoms with E-state index in [-0.39, 0.29) is 11.9 Å². The zero-order valence-electron chi connectivity index (χ0n) is 13.7. The highest BCUT2D eigenvalue weighted by Crippen LogP contribution is 2.13. The molecule has 1 N–H and O–H groups in total. The largest absolute Gasteiger partial charge is 0.489 e. The van der Waals surface area contributed by atoms with Gasteiger partial charge in [0.1, 0.15) is 17.7 Å². The molecule has 0 spiro atoms. The smallest absolute Gasteiger partial charge is 0.193 e. The van der Waals surface area contributed by atoms with Gasteiger partial charge in [-0.15, -0.1) is 6.58 Å². The van der Waals surface area contributed by atoms with Gasteiger partial charge in [0.2, 0.25) is 0 Å². The number of nitrogens with zero attached hydrogens (tertiary/aromatic N) is 2. The summed E-state index contributed by atoms with van der Waals surface area (Å²) in [6, 6.07) is 6.16. The number of nitrogens with one attached hydrogen (secondary N) is 1. The quantitative estimate of drug-likeness (QED) is 0.347. The van der Waals surface area contributed by atoms with E-state index in [9.17, 15) is 4.39 Å². The second kappa shape index (κ2) is 9.82. The molecule has 0 saturated carbocycles. The molecule has 1 rings (SSSR count). The normalized spacial score (nSPS) is 12.6. The van der Waals surface area contributed by atoms with Gasteiger partial charge in [-0.3, -0.25) is 4.99 Å². The number of unbranched alkanes of at least 4 members (excludes halogenated alkanes) is 1. The maximum atomic E-state index is 13.1. The van der Waals surface area contributed by atoms with Crippen molar-refractivity contribution in [1.29, 1.82) is 0 Å². The Hall–Kier alpha value is -2.04. The van der Waals surface area contributed by atoms with Gasteiger partial charge in [-0.05, 0) is 31.9 Å². The molecule has 0 radical (unpaired) electrons. The van der Waals surface area contributed by atoms with E-state index in [1.54, 1.807) is 19.2 Å². The number of hydrogen-bond donors (Lipinski definition) is 1.